The molecule has 1 atom stereocenters. The van der Waals surface area contributed by atoms with Crippen molar-refractivity contribution in [2.24, 2.45) is 0 Å². The van der Waals surface area contributed by atoms with Crippen LogP contribution in [0.15, 0.2) is 0 Å². The molecule has 22 heavy (non-hydrogen) atoms. The fourth-order valence-corrected chi connectivity index (χ4v) is 2.93. The minimum atomic E-state index is -3.74. The zero-order valence-electron chi connectivity index (χ0n) is 12.7. The summed E-state index contributed by atoms with van der Waals surface area (Å²) >= 11 is 0. The average molecular weight is 382 g/mol. The van der Waals surface area contributed by atoms with Gasteiger partial charge in [-0.2, -0.15) is 25.3 Å². The molecule has 0 saturated carbocycles. The first-order valence-electron chi connectivity index (χ1n) is 6.35. The van der Waals surface area contributed by atoms with Crippen LogP contribution in [0.1, 0.15) is 25.7 Å². The summed E-state index contributed by atoms with van der Waals surface area (Å²) in [7, 11) is -10.9. The minimum absolute atomic E-state index is 0.0380. The maximum absolute atomic E-state index is 11.1. The molecule has 9 nitrogen and oxygen atoms in total. The topological polar surface area (TPSA) is 130 Å². The van der Waals surface area contributed by atoms with Gasteiger partial charge in [0.25, 0.3) is 30.4 Å². The van der Waals surface area contributed by atoms with E-state index in [1.807, 2.05) is 0 Å². The van der Waals surface area contributed by atoms with Gasteiger partial charge in [0.1, 0.15) is 6.10 Å². The lowest BCUT2D eigenvalue weighted by atomic mass is 10.1. The van der Waals surface area contributed by atoms with Crippen molar-refractivity contribution in [3.63, 3.8) is 0 Å². The van der Waals surface area contributed by atoms with Gasteiger partial charge in [-0.1, -0.05) is 12.8 Å². The van der Waals surface area contributed by atoms with Crippen molar-refractivity contribution in [2.75, 3.05) is 32.0 Å². The molecule has 0 spiro atoms. The number of rotatable bonds is 12. The number of hydrogen-bond acceptors (Lipinski definition) is 9. The highest BCUT2D eigenvalue weighted by atomic mass is 32.2. The van der Waals surface area contributed by atoms with Gasteiger partial charge in [-0.25, -0.2) is 0 Å². The van der Waals surface area contributed by atoms with Crippen LogP contribution in [0.3, 0.4) is 0 Å². The first-order valence-corrected chi connectivity index (χ1v) is 11.8. The summed E-state index contributed by atoms with van der Waals surface area (Å²) in [4.78, 5) is 0. The zero-order chi connectivity index (χ0) is 17.4. The molecule has 0 rings (SSSR count). The van der Waals surface area contributed by atoms with Gasteiger partial charge in [-0.15, -0.1) is 0 Å². The molecule has 0 aromatic carbocycles. The van der Waals surface area contributed by atoms with E-state index in [0.29, 0.717) is 19.3 Å². The average Bonchev–Trinajstić information content (AvgIpc) is 2.26. The Morgan fingerprint density at radius 1 is 0.727 bits per heavy atom. The Balaban J connectivity index is 4.18. The van der Waals surface area contributed by atoms with Gasteiger partial charge in [-0.05, 0) is 12.8 Å². The van der Waals surface area contributed by atoms with Crippen LogP contribution in [0.5, 0.6) is 0 Å². The first-order chi connectivity index (χ1) is 9.79. The van der Waals surface area contributed by atoms with E-state index >= 15 is 0 Å². The van der Waals surface area contributed by atoms with E-state index in [4.69, 9.17) is 4.18 Å². The van der Waals surface area contributed by atoms with Crippen molar-refractivity contribution in [3.05, 3.63) is 0 Å². The van der Waals surface area contributed by atoms with E-state index in [1.54, 1.807) is 0 Å². The second-order valence-corrected chi connectivity index (χ2v) is 9.68. The molecule has 12 heteroatoms. The Kier molecular flexibility index (Phi) is 9.02. The lowest BCUT2D eigenvalue weighted by Crippen LogP contribution is -2.24. The molecule has 0 radical (unpaired) electrons. The molecule has 0 bridgehead atoms. The molecule has 0 heterocycles. The van der Waals surface area contributed by atoms with Crippen LogP contribution in [0.2, 0.25) is 0 Å². The highest BCUT2D eigenvalue weighted by Gasteiger charge is 2.18. The SMILES string of the molecule is CS(=O)(=O)OCCCCCC(COS(C)(=O)=O)OS(C)(=O)=O. The van der Waals surface area contributed by atoms with Gasteiger partial charge < -0.3 is 0 Å². The van der Waals surface area contributed by atoms with Crippen molar-refractivity contribution >= 4 is 30.4 Å². The van der Waals surface area contributed by atoms with Crippen LogP contribution >= 0.6 is 0 Å². The largest absolute Gasteiger partial charge is 0.270 e. The van der Waals surface area contributed by atoms with Gasteiger partial charge in [0.05, 0.1) is 32.0 Å². The van der Waals surface area contributed by atoms with Crippen LogP contribution in [-0.2, 0) is 42.9 Å². The smallest absolute Gasteiger partial charge is 0.264 e. The van der Waals surface area contributed by atoms with Crippen LogP contribution in [0, 0.1) is 0 Å². The van der Waals surface area contributed by atoms with E-state index in [2.05, 4.69) is 8.37 Å². The molecule has 0 aliphatic heterocycles. The first kappa shape index (κ1) is 21.7. The summed E-state index contributed by atoms with van der Waals surface area (Å²) < 4.78 is 79.3. The van der Waals surface area contributed by atoms with E-state index in [-0.39, 0.29) is 13.0 Å². The molecule has 0 aliphatic carbocycles. The summed E-state index contributed by atoms with van der Waals surface area (Å²) in [6.45, 7) is -0.359. The quantitative estimate of drug-likeness (QED) is 0.334. The Bertz CT molecular complexity index is 619. The highest BCUT2D eigenvalue weighted by molar-refractivity contribution is 7.86. The monoisotopic (exact) mass is 382 g/mol. The van der Waals surface area contributed by atoms with Crippen LogP contribution in [0.4, 0.5) is 0 Å². The van der Waals surface area contributed by atoms with Crippen molar-refractivity contribution in [2.45, 2.75) is 31.8 Å². The van der Waals surface area contributed by atoms with Crippen molar-refractivity contribution in [1.29, 1.82) is 0 Å². The Morgan fingerprint density at radius 2 is 1.27 bits per heavy atom. The summed E-state index contributed by atoms with van der Waals surface area (Å²) in [5, 5.41) is 0. The van der Waals surface area contributed by atoms with E-state index in [9.17, 15) is 25.3 Å². The molecular formula is C10H22O9S3. The second kappa shape index (κ2) is 9.13. The van der Waals surface area contributed by atoms with E-state index in [1.165, 1.54) is 0 Å². The van der Waals surface area contributed by atoms with Gasteiger partial charge in [-0.3, -0.25) is 12.5 Å². The van der Waals surface area contributed by atoms with Crippen LogP contribution < -0.4 is 0 Å². The van der Waals surface area contributed by atoms with Crippen LogP contribution in [-0.4, -0.2) is 63.3 Å². The third-order valence-electron chi connectivity index (χ3n) is 2.25. The maximum Gasteiger partial charge on any atom is 0.264 e. The Morgan fingerprint density at radius 3 is 1.73 bits per heavy atom. The third kappa shape index (κ3) is 16.1. The fourth-order valence-electron chi connectivity index (χ4n) is 1.47. The Labute approximate surface area is 132 Å². The number of unbranched alkanes of at least 4 members (excludes halogenated alkanes) is 2. The zero-order valence-corrected chi connectivity index (χ0v) is 15.2. The molecule has 0 amide bonds. The molecule has 0 fully saturated rings. The van der Waals surface area contributed by atoms with Crippen molar-refractivity contribution in [3.8, 4) is 0 Å². The van der Waals surface area contributed by atoms with Gasteiger partial charge >= 0.3 is 0 Å². The summed E-state index contributed by atoms with van der Waals surface area (Å²) in [6, 6.07) is 0. The third-order valence-corrected chi connectivity index (χ3v) is 4.03. The molecule has 1 unspecified atom stereocenters. The van der Waals surface area contributed by atoms with Gasteiger partial charge in [0.15, 0.2) is 0 Å². The highest BCUT2D eigenvalue weighted by Crippen LogP contribution is 2.11. The summed E-state index contributed by atoms with van der Waals surface area (Å²) in [5.41, 5.74) is 0. The molecule has 0 aliphatic rings. The standard InChI is InChI=1S/C10H22O9S3/c1-20(11,12)17-8-6-4-5-7-10(19-22(3,15)16)9-18-21(2,13)14/h10H,4-9H2,1-3H3. The minimum Gasteiger partial charge on any atom is -0.270 e. The molecule has 0 N–H and O–H groups in total. The predicted octanol–water partition coefficient (Wildman–Crippen LogP) is -0.156. The normalized spacial score (nSPS) is 14.9. The lowest BCUT2D eigenvalue weighted by Gasteiger charge is -2.15. The Hall–Kier alpha value is -0.270. The molecule has 0 aromatic rings. The summed E-state index contributed by atoms with van der Waals surface area (Å²) in [5.74, 6) is 0. The molecule has 134 valence electrons. The lowest BCUT2D eigenvalue weighted by molar-refractivity contribution is 0.128. The van der Waals surface area contributed by atoms with Gasteiger partial charge in [0, 0.05) is 0 Å². The van der Waals surface area contributed by atoms with Crippen molar-refractivity contribution in [1.82, 2.24) is 0 Å². The molecular weight excluding hydrogens is 360 g/mol. The molecule has 0 saturated heterocycles. The van der Waals surface area contributed by atoms with Crippen molar-refractivity contribution < 1.29 is 37.8 Å². The van der Waals surface area contributed by atoms with E-state index < -0.39 is 43.1 Å². The maximum atomic E-state index is 11.1. The summed E-state index contributed by atoms with van der Waals surface area (Å²) in [6.07, 6.45) is 3.53. The van der Waals surface area contributed by atoms with E-state index in [0.717, 1.165) is 18.8 Å². The fraction of sp³-hybridized carbons (Fsp3) is 1.00. The van der Waals surface area contributed by atoms with Crippen LogP contribution in [0.25, 0.3) is 0 Å². The second-order valence-electron chi connectivity index (χ2n) is 4.79. The predicted molar refractivity (Wildman–Crippen MR) is 79.8 cm³/mol. The number of hydrogen-bond donors (Lipinski definition) is 0. The molecule has 0 aromatic heterocycles. The van der Waals surface area contributed by atoms with Gasteiger partial charge in [0.2, 0.25) is 0 Å².